The van der Waals surface area contributed by atoms with Gasteiger partial charge in [0.15, 0.2) is 0 Å². The third-order valence-electron chi connectivity index (χ3n) is 3.08. The second-order valence-corrected chi connectivity index (χ2v) is 6.33. The van der Waals surface area contributed by atoms with Crippen LogP contribution in [0.15, 0.2) is 24.3 Å². The zero-order valence-corrected chi connectivity index (χ0v) is 12.3. The highest BCUT2D eigenvalue weighted by Gasteiger charge is 2.06. The van der Waals surface area contributed by atoms with Gasteiger partial charge in [-0.15, -0.1) is 0 Å². The molecule has 0 aliphatic carbocycles. The van der Waals surface area contributed by atoms with Crippen LogP contribution >= 0.6 is 0 Å². The summed E-state index contributed by atoms with van der Waals surface area (Å²) >= 11 is 0. The van der Waals surface area contributed by atoms with E-state index in [1.165, 1.54) is 6.42 Å². The van der Waals surface area contributed by atoms with Gasteiger partial charge in [0.2, 0.25) is 0 Å². The standard InChI is InChI=1S/C14H22O4S/c1-3-12(2)5-4-10-18-14-8-6-13(7-9-14)11-19(15,16)17/h6-9,12H,3-5,10-11H2,1-2H3,(H,15,16,17). The molecule has 0 heterocycles. The van der Waals surface area contributed by atoms with Crippen molar-refractivity contribution in [3.8, 4) is 5.75 Å². The van der Waals surface area contributed by atoms with E-state index in [4.69, 9.17) is 9.29 Å². The number of hydrogen-bond acceptors (Lipinski definition) is 3. The molecule has 19 heavy (non-hydrogen) atoms. The first-order valence-corrected chi connectivity index (χ1v) is 8.18. The zero-order valence-electron chi connectivity index (χ0n) is 11.5. The van der Waals surface area contributed by atoms with E-state index in [9.17, 15) is 8.42 Å². The first-order valence-electron chi connectivity index (χ1n) is 6.57. The minimum Gasteiger partial charge on any atom is -0.494 e. The highest BCUT2D eigenvalue weighted by molar-refractivity contribution is 7.85. The van der Waals surface area contributed by atoms with Crippen LogP contribution in [0.3, 0.4) is 0 Å². The third-order valence-corrected chi connectivity index (χ3v) is 3.78. The monoisotopic (exact) mass is 286 g/mol. The van der Waals surface area contributed by atoms with E-state index in [-0.39, 0.29) is 5.75 Å². The molecule has 0 saturated heterocycles. The van der Waals surface area contributed by atoms with Crippen molar-refractivity contribution >= 4 is 10.1 Å². The summed E-state index contributed by atoms with van der Waals surface area (Å²) in [6, 6.07) is 6.75. The molecule has 108 valence electrons. The molecular formula is C14H22O4S. The Kier molecular flexibility index (Phi) is 6.31. The van der Waals surface area contributed by atoms with Gasteiger partial charge in [0, 0.05) is 0 Å². The number of rotatable bonds is 8. The lowest BCUT2D eigenvalue weighted by Gasteiger charge is -2.09. The molecule has 1 N–H and O–H groups in total. The molecule has 1 unspecified atom stereocenters. The molecule has 0 fully saturated rings. The lowest BCUT2D eigenvalue weighted by molar-refractivity contribution is 0.294. The van der Waals surface area contributed by atoms with Gasteiger partial charge in [0.25, 0.3) is 10.1 Å². The molecule has 1 rings (SSSR count). The van der Waals surface area contributed by atoms with Crippen LogP contribution in [0.25, 0.3) is 0 Å². The van der Waals surface area contributed by atoms with Gasteiger partial charge in [-0.25, -0.2) is 0 Å². The summed E-state index contributed by atoms with van der Waals surface area (Å²) in [5.74, 6) is 1.09. The van der Waals surface area contributed by atoms with Gasteiger partial charge in [-0.05, 0) is 36.5 Å². The quantitative estimate of drug-likeness (QED) is 0.588. The van der Waals surface area contributed by atoms with Gasteiger partial charge < -0.3 is 4.74 Å². The highest BCUT2D eigenvalue weighted by Crippen LogP contribution is 2.15. The van der Waals surface area contributed by atoms with Gasteiger partial charge in [-0.2, -0.15) is 8.42 Å². The molecular weight excluding hydrogens is 264 g/mol. The summed E-state index contributed by atoms with van der Waals surface area (Å²) < 4.78 is 35.7. The lowest BCUT2D eigenvalue weighted by atomic mass is 10.0. The minimum absolute atomic E-state index is 0.360. The Morgan fingerprint density at radius 1 is 1.26 bits per heavy atom. The Balaban J connectivity index is 2.36. The van der Waals surface area contributed by atoms with Crippen LogP contribution in [0.5, 0.6) is 5.75 Å². The van der Waals surface area contributed by atoms with Crippen molar-refractivity contribution in [3.63, 3.8) is 0 Å². The van der Waals surface area contributed by atoms with Crippen LogP contribution in [-0.4, -0.2) is 19.6 Å². The molecule has 0 saturated carbocycles. The van der Waals surface area contributed by atoms with Gasteiger partial charge in [0.05, 0.1) is 6.61 Å². The SMILES string of the molecule is CCC(C)CCCOc1ccc(CS(=O)(=O)O)cc1. The predicted molar refractivity (Wildman–Crippen MR) is 75.9 cm³/mol. The molecule has 0 aromatic heterocycles. The molecule has 1 aromatic rings. The molecule has 1 atom stereocenters. The summed E-state index contributed by atoms with van der Waals surface area (Å²) in [5.41, 5.74) is 0.550. The highest BCUT2D eigenvalue weighted by atomic mass is 32.2. The van der Waals surface area contributed by atoms with Crippen molar-refractivity contribution < 1.29 is 17.7 Å². The Labute approximate surface area is 115 Å². The normalized spacial score (nSPS) is 13.2. The summed E-state index contributed by atoms with van der Waals surface area (Å²) in [6.07, 6.45) is 3.35. The number of hydrogen-bond donors (Lipinski definition) is 1. The molecule has 5 heteroatoms. The predicted octanol–water partition coefficient (Wildman–Crippen LogP) is 3.28. The van der Waals surface area contributed by atoms with Gasteiger partial charge in [-0.1, -0.05) is 32.4 Å². The fraction of sp³-hybridized carbons (Fsp3) is 0.571. The van der Waals surface area contributed by atoms with Crippen LogP contribution in [0.4, 0.5) is 0 Å². The molecule has 0 aliphatic rings. The smallest absolute Gasteiger partial charge is 0.269 e. The Bertz CT molecular complexity index is 465. The van der Waals surface area contributed by atoms with E-state index in [1.54, 1.807) is 24.3 Å². The Morgan fingerprint density at radius 2 is 1.89 bits per heavy atom. The molecule has 0 bridgehead atoms. The van der Waals surface area contributed by atoms with E-state index in [0.717, 1.165) is 24.5 Å². The van der Waals surface area contributed by atoms with Crippen molar-refractivity contribution in [2.45, 2.75) is 38.9 Å². The van der Waals surface area contributed by atoms with Crippen LogP contribution in [0.1, 0.15) is 38.7 Å². The summed E-state index contributed by atoms with van der Waals surface area (Å²) in [6.45, 7) is 5.07. The Hall–Kier alpha value is -1.07. The minimum atomic E-state index is -3.96. The first-order chi connectivity index (χ1) is 8.90. The maximum absolute atomic E-state index is 10.7. The topological polar surface area (TPSA) is 63.6 Å². The van der Waals surface area contributed by atoms with Crippen LogP contribution in [-0.2, 0) is 15.9 Å². The molecule has 1 aromatic carbocycles. The fourth-order valence-corrected chi connectivity index (χ4v) is 2.33. The van der Waals surface area contributed by atoms with Gasteiger partial charge in [-0.3, -0.25) is 4.55 Å². The maximum Gasteiger partial charge on any atom is 0.269 e. The molecule has 0 spiro atoms. The second-order valence-electron chi connectivity index (χ2n) is 4.87. The molecule has 4 nitrogen and oxygen atoms in total. The van der Waals surface area contributed by atoms with Crippen LogP contribution in [0.2, 0.25) is 0 Å². The van der Waals surface area contributed by atoms with E-state index in [1.807, 2.05) is 0 Å². The third kappa shape index (κ3) is 7.18. The largest absolute Gasteiger partial charge is 0.494 e. The van der Waals surface area contributed by atoms with Crippen molar-refractivity contribution in [2.75, 3.05) is 6.61 Å². The average Bonchev–Trinajstić information content (AvgIpc) is 2.34. The fourth-order valence-electron chi connectivity index (χ4n) is 1.72. The van der Waals surface area contributed by atoms with Crippen molar-refractivity contribution in [3.05, 3.63) is 29.8 Å². The molecule has 0 radical (unpaired) electrons. The summed E-state index contributed by atoms with van der Waals surface area (Å²) in [5, 5.41) is 0. The molecule has 0 amide bonds. The van der Waals surface area contributed by atoms with Crippen LogP contribution in [0, 0.1) is 5.92 Å². The Morgan fingerprint density at radius 3 is 2.42 bits per heavy atom. The van der Waals surface area contributed by atoms with Crippen molar-refractivity contribution in [2.24, 2.45) is 5.92 Å². The van der Waals surface area contributed by atoms with E-state index in [2.05, 4.69) is 13.8 Å². The van der Waals surface area contributed by atoms with Crippen LogP contribution < -0.4 is 4.74 Å². The number of ether oxygens (including phenoxy) is 1. The number of benzene rings is 1. The first kappa shape index (κ1) is 16.0. The second kappa shape index (κ2) is 7.50. The average molecular weight is 286 g/mol. The summed E-state index contributed by atoms with van der Waals surface area (Å²) in [4.78, 5) is 0. The van der Waals surface area contributed by atoms with E-state index >= 15 is 0 Å². The molecule has 0 aliphatic heterocycles. The lowest BCUT2D eigenvalue weighted by Crippen LogP contribution is -2.02. The van der Waals surface area contributed by atoms with Gasteiger partial charge in [0.1, 0.15) is 11.5 Å². The summed E-state index contributed by atoms with van der Waals surface area (Å²) in [7, 11) is -3.96. The van der Waals surface area contributed by atoms with Gasteiger partial charge >= 0.3 is 0 Å². The van der Waals surface area contributed by atoms with Crippen molar-refractivity contribution in [1.82, 2.24) is 0 Å². The van der Waals surface area contributed by atoms with Crippen molar-refractivity contribution in [1.29, 1.82) is 0 Å². The maximum atomic E-state index is 10.7. The van der Waals surface area contributed by atoms with E-state index in [0.29, 0.717) is 12.2 Å². The zero-order chi connectivity index (χ0) is 14.3. The van der Waals surface area contributed by atoms with E-state index < -0.39 is 10.1 Å².